The topological polar surface area (TPSA) is 69.6 Å². The van der Waals surface area contributed by atoms with Crippen LogP contribution in [0, 0.1) is 20.8 Å². The van der Waals surface area contributed by atoms with Crippen molar-refractivity contribution in [1.29, 1.82) is 0 Å². The second kappa shape index (κ2) is 3.34. The lowest BCUT2D eigenvalue weighted by molar-refractivity contribution is 0.792. The summed E-state index contributed by atoms with van der Waals surface area (Å²) in [5.41, 5.74) is 8.47. The van der Waals surface area contributed by atoms with Gasteiger partial charge in [-0.1, -0.05) is 0 Å². The molecule has 0 aliphatic rings. The number of hydrogen-bond donors (Lipinski definition) is 1. The molecule has 0 bridgehead atoms. The maximum Gasteiger partial charge on any atom is 0.252 e. The number of anilines is 1. The van der Waals surface area contributed by atoms with E-state index >= 15 is 0 Å². The summed E-state index contributed by atoms with van der Waals surface area (Å²) in [6.07, 6.45) is 0. The summed E-state index contributed by atoms with van der Waals surface area (Å²) in [4.78, 5) is 8.58. The van der Waals surface area contributed by atoms with Crippen molar-refractivity contribution in [2.45, 2.75) is 20.8 Å². The Morgan fingerprint density at radius 3 is 2.07 bits per heavy atom. The van der Waals surface area contributed by atoms with E-state index in [-0.39, 0.29) is 0 Å². The van der Waals surface area contributed by atoms with Crippen LogP contribution in [0.1, 0.15) is 17.1 Å². The van der Waals surface area contributed by atoms with E-state index < -0.39 is 0 Å². The summed E-state index contributed by atoms with van der Waals surface area (Å²) in [5.74, 6) is 1.08. The molecule has 0 saturated heterocycles. The quantitative estimate of drug-likeness (QED) is 0.755. The van der Waals surface area contributed by atoms with Gasteiger partial charge in [0.15, 0.2) is 0 Å². The standard InChI is InChI=1S/C10H13N5/c1-6-4-7(2)13-10(12-6)15-9(11)5-8(3)14-15/h4-5H,11H2,1-3H3. The van der Waals surface area contributed by atoms with Gasteiger partial charge in [-0.3, -0.25) is 0 Å². The highest BCUT2D eigenvalue weighted by molar-refractivity contribution is 5.36. The first-order valence-electron chi connectivity index (χ1n) is 4.71. The molecular formula is C10H13N5. The van der Waals surface area contributed by atoms with Crippen molar-refractivity contribution >= 4 is 5.82 Å². The van der Waals surface area contributed by atoms with Crippen LogP contribution in [0.25, 0.3) is 5.95 Å². The van der Waals surface area contributed by atoms with Crippen LogP contribution in [0.5, 0.6) is 0 Å². The SMILES string of the molecule is Cc1cc(C)nc(-n2nc(C)cc2N)n1. The first kappa shape index (κ1) is 9.64. The summed E-state index contributed by atoms with van der Waals surface area (Å²) >= 11 is 0. The Kier molecular flexibility index (Phi) is 2.15. The number of nitrogens with two attached hydrogens (primary N) is 1. The average molecular weight is 203 g/mol. The van der Waals surface area contributed by atoms with Crippen LogP contribution in [0.4, 0.5) is 5.82 Å². The van der Waals surface area contributed by atoms with E-state index in [2.05, 4.69) is 15.1 Å². The molecule has 0 aromatic carbocycles. The molecule has 2 rings (SSSR count). The molecule has 5 nitrogen and oxygen atoms in total. The van der Waals surface area contributed by atoms with Crippen LogP contribution in [0.15, 0.2) is 12.1 Å². The lowest BCUT2D eigenvalue weighted by atomic mass is 10.4. The Morgan fingerprint density at radius 1 is 1.00 bits per heavy atom. The molecular weight excluding hydrogens is 190 g/mol. The van der Waals surface area contributed by atoms with Gasteiger partial charge in [0.2, 0.25) is 0 Å². The van der Waals surface area contributed by atoms with Gasteiger partial charge >= 0.3 is 0 Å². The average Bonchev–Trinajstić information content (AvgIpc) is 2.43. The molecule has 0 radical (unpaired) electrons. The van der Waals surface area contributed by atoms with Gasteiger partial charge in [0.25, 0.3) is 5.95 Å². The molecule has 0 fully saturated rings. The second-order valence-electron chi connectivity index (χ2n) is 3.57. The molecule has 2 N–H and O–H groups in total. The number of hydrogen-bond acceptors (Lipinski definition) is 4. The minimum atomic E-state index is 0.526. The Labute approximate surface area is 88.0 Å². The van der Waals surface area contributed by atoms with Gasteiger partial charge in [-0.2, -0.15) is 9.78 Å². The summed E-state index contributed by atoms with van der Waals surface area (Å²) in [6.45, 7) is 5.73. The highest BCUT2D eigenvalue weighted by Gasteiger charge is 2.07. The van der Waals surface area contributed by atoms with E-state index in [4.69, 9.17) is 5.73 Å². The zero-order valence-corrected chi connectivity index (χ0v) is 9.02. The van der Waals surface area contributed by atoms with Crippen LogP contribution < -0.4 is 5.73 Å². The maximum atomic E-state index is 5.79. The third-order valence-corrected chi connectivity index (χ3v) is 2.02. The van der Waals surface area contributed by atoms with Crippen molar-refractivity contribution in [3.8, 4) is 5.95 Å². The van der Waals surface area contributed by atoms with Crippen molar-refractivity contribution in [3.05, 3.63) is 29.2 Å². The van der Waals surface area contributed by atoms with Gasteiger partial charge in [-0.05, 0) is 26.8 Å². The first-order chi connectivity index (χ1) is 7.06. The minimum Gasteiger partial charge on any atom is -0.383 e. The predicted octanol–water partition coefficient (Wildman–Crippen LogP) is 1.17. The van der Waals surface area contributed by atoms with Crippen molar-refractivity contribution in [3.63, 3.8) is 0 Å². The fraction of sp³-hybridized carbons (Fsp3) is 0.300. The molecule has 2 aromatic rings. The molecule has 0 aliphatic heterocycles. The molecule has 0 amide bonds. The number of rotatable bonds is 1. The molecule has 0 atom stereocenters. The van der Waals surface area contributed by atoms with Gasteiger partial charge < -0.3 is 5.73 Å². The highest BCUT2D eigenvalue weighted by Crippen LogP contribution is 2.11. The maximum absolute atomic E-state index is 5.79. The molecule has 0 spiro atoms. The van der Waals surface area contributed by atoms with Crippen molar-refractivity contribution in [2.24, 2.45) is 0 Å². The molecule has 0 aliphatic carbocycles. The van der Waals surface area contributed by atoms with Crippen LogP contribution >= 0.6 is 0 Å². The third-order valence-electron chi connectivity index (χ3n) is 2.02. The summed E-state index contributed by atoms with van der Waals surface area (Å²) in [6, 6.07) is 3.71. The fourth-order valence-electron chi connectivity index (χ4n) is 1.48. The highest BCUT2D eigenvalue weighted by atomic mass is 15.4. The van der Waals surface area contributed by atoms with E-state index in [9.17, 15) is 0 Å². The number of nitrogens with zero attached hydrogens (tertiary/aromatic N) is 4. The summed E-state index contributed by atoms with van der Waals surface area (Å²) in [5, 5.41) is 4.23. The fourth-order valence-corrected chi connectivity index (χ4v) is 1.48. The van der Waals surface area contributed by atoms with E-state index in [1.54, 1.807) is 10.7 Å². The molecule has 15 heavy (non-hydrogen) atoms. The monoisotopic (exact) mass is 203 g/mol. The molecule has 0 unspecified atom stereocenters. The zero-order valence-electron chi connectivity index (χ0n) is 9.02. The first-order valence-corrected chi connectivity index (χ1v) is 4.71. The number of nitrogen functional groups attached to an aromatic ring is 1. The molecule has 5 heteroatoms. The summed E-state index contributed by atoms with van der Waals surface area (Å²) in [7, 11) is 0. The molecule has 2 heterocycles. The van der Waals surface area contributed by atoms with Gasteiger partial charge in [0.05, 0.1) is 5.69 Å². The number of aromatic nitrogens is 4. The normalized spacial score (nSPS) is 10.6. The zero-order chi connectivity index (χ0) is 11.0. The van der Waals surface area contributed by atoms with E-state index in [0.717, 1.165) is 17.1 Å². The number of aryl methyl sites for hydroxylation is 3. The predicted molar refractivity (Wildman–Crippen MR) is 57.8 cm³/mol. The summed E-state index contributed by atoms with van der Waals surface area (Å²) < 4.78 is 1.55. The van der Waals surface area contributed by atoms with Gasteiger partial charge in [0, 0.05) is 17.5 Å². The Balaban J connectivity index is 2.58. The minimum absolute atomic E-state index is 0.526. The van der Waals surface area contributed by atoms with Crippen molar-refractivity contribution < 1.29 is 0 Å². The third kappa shape index (κ3) is 1.81. The van der Waals surface area contributed by atoms with Crippen LogP contribution in [0.2, 0.25) is 0 Å². The smallest absolute Gasteiger partial charge is 0.252 e. The van der Waals surface area contributed by atoms with Crippen LogP contribution in [-0.2, 0) is 0 Å². The van der Waals surface area contributed by atoms with Crippen molar-refractivity contribution in [1.82, 2.24) is 19.7 Å². The van der Waals surface area contributed by atoms with E-state index in [1.807, 2.05) is 26.8 Å². The Bertz CT molecular complexity index is 480. The van der Waals surface area contributed by atoms with Crippen molar-refractivity contribution in [2.75, 3.05) is 5.73 Å². The Hall–Kier alpha value is -1.91. The van der Waals surface area contributed by atoms with Crippen LogP contribution in [0.3, 0.4) is 0 Å². The molecule has 2 aromatic heterocycles. The van der Waals surface area contributed by atoms with E-state index in [1.165, 1.54) is 0 Å². The van der Waals surface area contributed by atoms with Gasteiger partial charge in [-0.25, -0.2) is 9.97 Å². The van der Waals surface area contributed by atoms with Gasteiger partial charge in [-0.15, -0.1) is 0 Å². The largest absolute Gasteiger partial charge is 0.383 e. The Morgan fingerprint density at radius 2 is 1.60 bits per heavy atom. The lowest BCUT2D eigenvalue weighted by Crippen LogP contribution is -2.08. The lowest BCUT2D eigenvalue weighted by Gasteiger charge is -2.03. The molecule has 78 valence electrons. The van der Waals surface area contributed by atoms with Gasteiger partial charge in [0.1, 0.15) is 5.82 Å². The van der Waals surface area contributed by atoms with Crippen LogP contribution in [-0.4, -0.2) is 19.7 Å². The molecule has 0 saturated carbocycles. The van der Waals surface area contributed by atoms with E-state index in [0.29, 0.717) is 11.8 Å². The second-order valence-corrected chi connectivity index (χ2v) is 3.57.